The summed E-state index contributed by atoms with van der Waals surface area (Å²) in [5.74, 6) is 0. The van der Waals surface area contributed by atoms with Gasteiger partial charge in [0.2, 0.25) is 0 Å². The zero-order chi connectivity index (χ0) is 14.0. The molecule has 0 bridgehead atoms. The van der Waals surface area contributed by atoms with Gasteiger partial charge in [-0.2, -0.15) is 0 Å². The van der Waals surface area contributed by atoms with E-state index < -0.39 is 0 Å². The van der Waals surface area contributed by atoms with E-state index in [1.54, 1.807) is 0 Å². The third-order valence-electron chi connectivity index (χ3n) is 3.56. The van der Waals surface area contributed by atoms with E-state index in [1.165, 1.54) is 38.5 Å². The maximum absolute atomic E-state index is 5.75. The maximum atomic E-state index is 5.75. The standard InChI is InChI=1S/C16H35NO/c1-7-9-10-11-12-13-14(17-8-2)15(18-6)16(3,4)5/h14-15,17H,7-13H2,1-6H3. The molecule has 0 saturated heterocycles. The van der Waals surface area contributed by atoms with Crippen molar-refractivity contribution in [3.05, 3.63) is 0 Å². The summed E-state index contributed by atoms with van der Waals surface area (Å²) in [5, 5.41) is 3.61. The maximum Gasteiger partial charge on any atom is 0.0772 e. The zero-order valence-electron chi connectivity index (χ0n) is 13.5. The Kier molecular flexibility index (Phi) is 9.76. The second kappa shape index (κ2) is 9.80. The van der Waals surface area contributed by atoms with Crippen LogP contribution in [0.5, 0.6) is 0 Å². The highest BCUT2D eigenvalue weighted by Crippen LogP contribution is 2.26. The van der Waals surface area contributed by atoms with Gasteiger partial charge < -0.3 is 10.1 Å². The molecular weight excluding hydrogens is 222 g/mol. The lowest BCUT2D eigenvalue weighted by atomic mass is 9.82. The molecule has 2 heteroatoms. The number of rotatable bonds is 10. The highest BCUT2D eigenvalue weighted by Gasteiger charge is 2.31. The molecule has 0 rings (SSSR count). The fourth-order valence-corrected chi connectivity index (χ4v) is 2.71. The van der Waals surface area contributed by atoms with E-state index in [-0.39, 0.29) is 5.41 Å². The average Bonchev–Trinajstić information content (AvgIpc) is 2.27. The summed E-state index contributed by atoms with van der Waals surface area (Å²) in [4.78, 5) is 0. The number of hydrogen-bond acceptors (Lipinski definition) is 2. The van der Waals surface area contributed by atoms with Crippen molar-refractivity contribution >= 4 is 0 Å². The number of nitrogens with one attached hydrogen (secondary N) is 1. The first-order chi connectivity index (χ1) is 8.47. The van der Waals surface area contributed by atoms with Crippen LogP contribution in [0.1, 0.15) is 73.1 Å². The summed E-state index contributed by atoms with van der Waals surface area (Å²) in [6, 6.07) is 0.488. The van der Waals surface area contributed by atoms with Crippen molar-refractivity contribution in [1.82, 2.24) is 5.32 Å². The lowest BCUT2D eigenvalue weighted by Crippen LogP contribution is -2.47. The van der Waals surface area contributed by atoms with Crippen molar-refractivity contribution in [3.8, 4) is 0 Å². The summed E-state index contributed by atoms with van der Waals surface area (Å²) in [6.07, 6.45) is 8.27. The van der Waals surface area contributed by atoms with Gasteiger partial charge in [0.1, 0.15) is 0 Å². The highest BCUT2D eigenvalue weighted by molar-refractivity contribution is 4.85. The van der Waals surface area contributed by atoms with Gasteiger partial charge in [-0.1, -0.05) is 66.7 Å². The third kappa shape index (κ3) is 7.38. The number of methoxy groups -OCH3 is 1. The van der Waals surface area contributed by atoms with Gasteiger partial charge in [0.25, 0.3) is 0 Å². The largest absolute Gasteiger partial charge is 0.379 e. The fraction of sp³-hybridized carbons (Fsp3) is 1.00. The Hall–Kier alpha value is -0.0800. The van der Waals surface area contributed by atoms with Crippen molar-refractivity contribution in [1.29, 1.82) is 0 Å². The van der Waals surface area contributed by atoms with Crippen LogP contribution in [0.2, 0.25) is 0 Å². The van der Waals surface area contributed by atoms with Gasteiger partial charge in [-0.15, -0.1) is 0 Å². The molecule has 0 aromatic carbocycles. The minimum absolute atomic E-state index is 0.199. The van der Waals surface area contributed by atoms with E-state index in [4.69, 9.17) is 4.74 Å². The monoisotopic (exact) mass is 257 g/mol. The van der Waals surface area contributed by atoms with Crippen LogP contribution in [0.4, 0.5) is 0 Å². The number of ether oxygens (including phenoxy) is 1. The predicted molar refractivity (Wildman–Crippen MR) is 81.1 cm³/mol. The first-order valence-electron chi connectivity index (χ1n) is 7.73. The molecule has 18 heavy (non-hydrogen) atoms. The molecule has 0 aliphatic heterocycles. The van der Waals surface area contributed by atoms with Gasteiger partial charge in [-0.05, 0) is 18.4 Å². The van der Waals surface area contributed by atoms with Crippen LogP contribution < -0.4 is 5.32 Å². The van der Waals surface area contributed by atoms with Crippen LogP contribution in [0.15, 0.2) is 0 Å². The molecule has 110 valence electrons. The topological polar surface area (TPSA) is 21.3 Å². The first-order valence-corrected chi connectivity index (χ1v) is 7.73. The fourth-order valence-electron chi connectivity index (χ4n) is 2.71. The van der Waals surface area contributed by atoms with Gasteiger partial charge >= 0.3 is 0 Å². The van der Waals surface area contributed by atoms with E-state index >= 15 is 0 Å². The first kappa shape index (κ1) is 17.9. The van der Waals surface area contributed by atoms with Gasteiger partial charge in [0.05, 0.1) is 6.10 Å². The summed E-state index contributed by atoms with van der Waals surface area (Å²) in [6.45, 7) is 12.3. The molecule has 0 aromatic heterocycles. The van der Waals surface area contributed by atoms with Gasteiger partial charge in [0.15, 0.2) is 0 Å². The average molecular weight is 257 g/mol. The third-order valence-corrected chi connectivity index (χ3v) is 3.56. The van der Waals surface area contributed by atoms with Crippen LogP contribution >= 0.6 is 0 Å². The van der Waals surface area contributed by atoms with Crippen LogP contribution in [-0.4, -0.2) is 25.8 Å². The molecule has 0 aliphatic rings. The molecule has 2 nitrogen and oxygen atoms in total. The predicted octanol–water partition coefficient (Wildman–Crippen LogP) is 4.39. The number of unbranched alkanes of at least 4 members (excludes halogenated alkanes) is 4. The van der Waals surface area contributed by atoms with E-state index in [2.05, 4.69) is 39.9 Å². The summed E-state index contributed by atoms with van der Waals surface area (Å²) >= 11 is 0. The van der Waals surface area contributed by atoms with E-state index in [0.29, 0.717) is 12.1 Å². The Morgan fingerprint density at radius 3 is 2.06 bits per heavy atom. The molecule has 0 fully saturated rings. The Labute approximate surface area is 115 Å². The van der Waals surface area contributed by atoms with Gasteiger partial charge in [-0.3, -0.25) is 0 Å². The molecule has 0 radical (unpaired) electrons. The molecule has 1 N–H and O–H groups in total. The Morgan fingerprint density at radius 1 is 1.00 bits per heavy atom. The molecule has 0 heterocycles. The normalized spacial score (nSPS) is 15.7. The van der Waals surface area contributed by atoms with Crippen molar-refractivity contribution in [3.63, 3.8) is 0 Å². The highest BCUT2D eigenvalue weighted by atomic mass is 16.5. The van der Waals surface area contributed by atoms with Gasteiger partial charge in [0, 0.05) is 13.2 Å². The van der Waals surface area contributed by atoms with Crippen LogP contribution in [-0.2, 0) is 4.74 Å². The second-order valence-electron chi connectivity index (χ2n) is 6.39. The summed E-state index contributed by atoms with van der Waals surface area (Å²) in [7, 11) is 1.84. The van der Waals surface area contributed by atoms with Crippen molar-refractivity contribution in [2.75, 3.05) is 13.7 Å². The second-order valence-corrected chi connectivity index (χ2v) is 6.39. The Morgan fingerprint density at radius 2 is 1.61 bits per heavy atom. The molecule has 0 amide bonds. The minimum atomic E-state index is 0.199. The van der Waals surface area contributed by atoms with Crippen LogP contribution in [0.3, 0.4) is 0 Å². The summed E-state index contributed by atoms with van der Waals surface area (Å²) < 4.78 is 5.75. The van der Waals surface area contributed by atoms with Crippen molar-refractivity contribution in [2.24, 2.45) is 5.41 Å². The minimum Gasteiger partial charge on any atom is -0.379 e. The molecule has 2 atom stereocenters. The number of likely N-dealkylation sites (N-methyl/N-ethyl adjacent to an activating group) is 1. The molecule has 0 aliphatic carbocycles. The van der Waals surface area contributed by atoms with Gasteiger partial charge in [-0.25, -0.2) is 0 Å². The van der Waals surface area contributed by atoms with E-state index in [9.17, 15) is 0 Å². The van der Waals surface area contributed by atoms with Crippen molar-refractivity contribution < 1.29 is 4.74 Å². The van der Waals surface area contributed by atoms with E-state index in [0.717, 1.165) is 6.54 Å². The Bertz CT molecular complexity index is 186. The smallest absolute Gasteiger partial charge is 0.0772 e. The molecule has 0 aromatic rings. The molecule has 2 unspecified atom stereocenters. The lowest BCUT2D eigenvalue weighted by Gasteiger charge is -2.36. The Balaban J connectivity index is 4.18. The van der Waals surface area contributed by atoms with Crippen LogP contribution in [0, 0.1) is 5.41 Å². The SMILES string of the molecule is CCCCCCCC(NCC)C(OC)C(C)(C)C. The summed E-state index contributed by atoms with van der Waals surface area (Å²) in [5.41, 5.74) is 0.199. The molecule has 0 saturated carbocycles. The quantitative estimate of drug-likeness (QED) is 0.586. The lowest BCUT2D eigenvalue weighted by molar-refractivity contribution is -0.0133. The zero-order valence-corrected chi connectivity index (χ0v) is 13.5. The van der Waals surface area contributed by atoms with Crippen molar-refractivity contribution in [2.45, 2.75) is 85.3 Å². The number of hydrogen-bond donors (Lipinski definition) is 1. The van der Waals surface area contributed by atoms with E-state index in [1.807, 2.05) is 7.11 Å². The molecule has 0 spiro atoms. The molecular formula is C16H35NO. The van der Waals surface area contributed by atoms with Crippen LogP contribution in [0.25, 0.3) is 0 Å².